The number of methoxy groups -OCH3 is 1. The number of benzene rings is 1. The Morgan fingerprint density at radius 1 is 1.11 bits per heavy atom. The molecule has 0 amide bonds. The fraction of sp³-hybridized carbons (Fsp3) is 0.524. The molecule has 0 aliphatic carbocycles. The van der Waals surface area contributed by atoms with E-state index in [0.29, 0.717) is 12.4 Å². The SMILES string of the molecule is COCc1cc(N2CCC(Oc3ccc(F)cc3)CC2)nc(C(C)(C)C)n1. The average Bonchev–Trinajstić information content (AvgIpc) is 2.64. The van der Waals surface area contributed by atoms with E-state index in [2.05, 4.69) is 30.7 Å². The monoisotopic (exact) mass is 373 g/mol. The van der Waals surface area contributed by atoms with E-state index in [9.17, 15) is 4.39 Å². The van der Waals surface area contributed by atoms with Gasteiger partial charge in [0.1, 0.15) is 29.3 Å². The second kappa shape index (κ2) is 8.21. The highest BCUT2D eigenvalue weighted by atomic mass is 19.1. The highest BCUT2D eigenvalue weighted by Crippen LogP contribution is 2.26. The Balaban J connectivity index is 1.67. The van der Waals surface area contributed by atoms with Crippen molar-refractivity contribution in [2.45, 2.75) is 51.7 Å². The summed E-state index contributed by atoms with van der Waals surface area (Å²) in [7, 11) is 1.68. The van der Waals surface area contributed by atoms with Crippen LogP contribution in [0.2, 0.25) is 0 Å². The van der Waals surface area contributed by atoms with Crippen LogP contribution in [0.3, 0.4) is 0 Å². The Morgan fingerprint density at radius 3 is 2.37 bits per heavy atom. The average molecular weight is 373 g/mol. The summed E-state index contributed by atoms with van der Waals surface area (Å²) in [5, 5.41) is 0. The van der Waals surface area contributed by atoms with E-state index in [1.807, 2.05) is 6.07 Å². The third-order valence-electron chi connectivity index (χ3n) is 4.61. The zero-order valence-corrected chi connectivity index (χ0v) is 16.5. The maximum Gasteiger partial charge on any atom is 0.136 e. The van der Waals surface area contributed by atoms with Gasteiger partial charge in [-0.2, -0.15) is 0 Å². The summed E-state index contributed by atoms with van der Waals surface area (Å²) in [5.74, 6) is 2.25. The lowest BCUT2D eigenvalue weighted by molar-refractivity contribution is 0.170. The molecule has 0 radical (unpaired) electrons. The molecule has 1 saturated heterocycles. The molecule has 27 heavy (non-hydrogen) atoms. The molecule has 6 heteroatoms. The van der Waals surface area contributed by atoms with Crippen LogP contribution in [0.4, 0.5) is 10.2 Å². The van der Waals surface area contributed by atoms with Crippen molar-refractivity contribution in [2.24, 2.45) is 0 Å². The standard InChI is InChI=1S/C21H28FN3O2/c1-21(2,3)20-23-16(14-26-4)13-19(24-20)25-11-9-18(10-12-25)27-17-7-5-15(22)6-8-17/h5-8,13,18H,9-12,14H2,1-4H3. The minimum Gasteiger partial charge on any atom is -0.490 e. The Bertz CT molecular complexity index is 751. The molecule has 0 bridgehead atoms. The molecule has 0 atom stereocenters. The van der Waals surface area contributed by atoms with Crippen LogP contribution in [0.15, 0.2) is 30.3 Å². The van der Waals surface area contributed by atoms with Gasteiger partial charge in [-0.3, -0.25) is 0 Å². The van der Waals surface area contributed by atoms with Gasteiger partial charge in [0, 0.05) is 44.5 Å². The van der Waals surface area contributed by atoms with Gasteiger partial charge in [-0.15, -0.1) is 0 Å². The summed E-state index contributed by atoms with van der Waals surface area (Å²) in [6.45, 7) is 8.54. The van der Waals surface area contributed by atoms with Crippen LogP contribution in [-0.2, 0) is 16.8 Å². The van der Waals surface area contributed by atoms with E-state index < -0.39 is 0 Å². The maximum absolute atomic E-state index is 13.0. The highest BCUT2D eigenvalue weighted by Gasteiger charge is 2.25. The summed E-state index contributed by atoms with van der Waals surface area (Å²) in [5.41, 5.74) is 0.778. The van der Waals surface area contributed by atoms with Crippen molar-refractivity contribution in [1.82, 2.24) is 9.97 Å². The Kier molecular flexibility index (Phi) is 5.95. The van der Waals surface area contributed by atoms with E-state index in [1.165, 1.54) is 12.1 Å². The number of aromatic nitrogens is 2. The van der Waals surface area contributed by atoms with Crippen LogP contribution in [0, 0.1) is 5.82 Å². The molecule has 0 unspecified atom stereocenters. The van der Waals surface area contributed by atoms with Gasteiger partial charge in [0.2, 0.25) is 0 Å². The number of anilines is 1. The van der Waals surface area contributed by atoms with Gasteiger partial charge in [0.05, 0.1) is 12.3 Å². The van der Waals surface area contributed by atoms with Crippen molar-refractivity contribution in [3.8, 4) is 5.75 Å². The van der Waals surface area contributed by atoms with Gasteiger partial charge in [0.25, 0.3) is 0 Å². The maximum atomic E-state index is 13.0. The van der Waals surface area contributed by atoms with Crippen LogP contribution in [0.1, 0.15) is 45.1 Å². The lowest BCUT2D eigenvalue weighted by atomic mass is 9.95. The molecule has 2 heterocycles. The lowest BCUT2D eigenvalue weighted by Gasteiger charge is -2.33. The minimum absolute atomic E-state index is 0.123. The smallest absolute Gasteiger partial charge is 0.136 e. The van der Waals surface area contributed by atoms with E-state index in [1.54, 1.807) is 19.2 Å². The first-order valence-corrected chi connectivity index (χ1v) is 9.39. The van der Waals surface area contributed by atoms with Gasteiger partial charge in [-0.25, -0.2) is 14.4 Å². The molecule has 5 nitrogen and oxygen atoms in total. The normalized spacial score (nSPS) is 15.8. The van der Waals surface area contributed by atoms with E-state index in [0.717, 1.165) is 43.3 Å². The molecule has 1 aromatic carbocycles. The number of rotatable bonds is 5. The molecule has 1 aliphatic rings. The molecule has 1 fully saturated rings. The van der Waals surface area contributed by atoms with Gasteiger partial charge < -0.3 is 14.4 Å². The largest absolute Gasteiger partial charge is 0.490 e. The van der Waals surface area contributed by atoms with Crippen LogP contribution in [-0.4, -0.2) is 36.3 Å². The van der Waals surface area contributed by atoms with Crippen LogP contribution in [0.25, 0.3) is 0 Å². The van der Waals surface area contributed by atoms with E-state index in [-0.39, 0.29) is 17.3 Å². The fourth-order valence-corrected chi connectivity index (χ4v) is 3.11. The first-order valence-electron chi connectivity index (χ1n) is 9.39. The van der Waals surface area contributed by atoms with Gasteiger partial charge >= 0.3 is 0 Å². The fourth-order valence-electron chi connectivity index (χ4n) is 3.11. The summed E-state index contributed by atoms with van der Waals surface area (Å²) in [6.07, 6.45) is 1.92. The zero-order valence-electron chi connectivity index (χ0n) is 16.5. The molecular formula is C21H28FN3O2. The molecular weight excluding hydrogens is 345 g/mol. The number of halogens is 1. The first kappa shape index (κ1) is 19.5. The lowest BCUT2D eigenvalue weighted by Crippen LogP contribution is -2.39. The van der Waals surface area contributed by atoms with E-state index >= 15 is 0 Å². The molecule has 2 aromatic rings. The number of nitrogens with zero attached hydrogens (tertiary/aromatic N) is 3. The Hall–Kier alpha value is -2.21. The zero-order chi connectivity index (χ0) is 19.4. The number of piperidine rings is 1. The highest BCUT2D eigenvalue weighted by molar-refractivity contribution is 5.41. The third kappa shape index (κ3) is 5.16. The van der Waals surface area contributed by atoms with Crippen molar-refractivity contribution in [2.75, 3.05) is 25.1 Å². The quantitative estimate of drug-likeness (QED) is 0.789. The van der Waals surface area contributed by atoms with Gasteiger partial charge in [-0.1, -0.05) is 20.8 Å². The topological polar surface area (TPSA) is 47.5 Å². The summed E-state index contributed by atoms with van der Waals surface area (Å²) in [4.78, 5) is 11.7. The molecule has 1 aromatic heterocycles. The van der Waals surface area contributed by atoms with Crippen LogP contribution >= 0.6 is 0 Å². The molecule has 0 spiro atoms. The molecule has 1 aliphatic heterocycles. The molecule has 3 rings (SSSR count). The predicted octanol–water partition coefficient (Wildman–Crippen LogP) is 4.11. The Morgan fingerprint density at radius 2 is 1.78 bits per heavy atom. The second-order valence-electron chi connectivity index (χ2n) is 7.98. The van der Waals surface area contributed by atoms with Crippen LogP contribution < -0.4 is 9.64 Å². The van der Waals surface area contributed by atoms with Crippen molar-refractivity contribution < 1.29 is 13.9 Å². The second-order valence-corrected chi connectivity index (χ2v) is 7.98. The summed E-state index contributed by atoms with van der Waals surface area (Å²) in [6, 6.07) is 8.23. The molecule has 0 saturated carbocycles. The number of hydrogen-bond donors (Lipinski definition) is 0. The van der Waals surface area contributed by atoms with Crippen molar-refractivity contribution >= 4 is 5.82 Å². The first-order chi connectivity index (χ1) is 12.8. The Labute approximate surface area is 160 Å². The minimum atomic E-state index is -0.248. The number of ether oxygens (including phenoxy) is 2. The van der Waals surface area contributed by atoms with Gasteiger partial charge in [0.15, 0.2) is 0 Å². The predicted molar refractivity (Wildman–Crippen MR) is 104 cm³/mol. The summed E-state index contributed by atoms with van der Waals surface area (Å²) >= 11 is 0. The summed E-state index contributed by atoms with van der Waals surface area (Å²) < 4.78 is 24.3. The van der Waals surface area contributed by atoms with Crippen molar-refractivity contribution in [3.05, 3.63) is 47.7 Å². The third-order valence-corrected chi connectivity index (χ3v) is 4.61. The van der Waals surface area contributed by atoms with Crippen molar-refractivity contribution in [3.63, 3.8) is 0 Å². The number of hydrogen-bond acceptors (Lipinski definition) is 5. The van der Waals surface area contributed by atoms with Gasteiger partial charge in [-0.05, 0) is 24.3 Å². The van der Waals surface area contributed by atoms with Crippen molar-refractivity contribution in [1.29, 1.82) is 0 Å². The van der Waals surface area contributed by atoms with Crippen LogP contribution in [0.5, 0.6) is 5.75 Å². The molecule has 0 N–H and O–H groups in total. The van der Waals surface area contributed by atoms with E-state index in [4.69, 9.17) is 14.5 Å². The molecule has 146 valence electrons.